The molecule has 0 fully saturated rings. The molecule has 12 heteroatoms. The monoisotopic (exact) mass is 614 g/mol. The lowest BCUT2D eigenvalue weighted by atomic mass is 10.2. The normalized spacial score (nSPS) is 11.7. The van der Waals surface area contributed by atoms with Crippen molar-refractivity contribution in [2.24, 2.45) is 20.5 Å². The maximum Gasteiger partial charge on any atom is 0.403 e. The molecule has 0 aliphatic heterocycles. The van der Waals surface area contributed by atoms with Gasteiger partial charge in [0, 0.05) is 47.8 Å². The van der Waals surface area contributed by atoms with Crippen LogP contribution in [-0.4, -0.2) is 45.7 Å². The number of aromatic nitrogens is 6. The van der Waals surface area contributed by atoms with E-state index in [1.807, 2.05) is 42.8 Å². The summed E-state index contributed by atoms with van der Waals surface area (Å²) in [6.45, 7) is 19.8. The quantitative estimate of drug-likeness (QED) is 0.0679. The van der Waals surface area contributed by atoms with Crippen molar-refractivity contribution in [2.75, 3.05) is 36.0 Å². The van der Waals surface area contributed by atoms with Crippen LogP contribution in [0.15, 0.2) is 81.6 Å². The minimum absolute atomic E-state index is 0.760. The van der Waals surface area contributed by atoms with E-state index >= 15 is 0 Å². The van der Waals surface area contributed by atoms with E-state index < -0.39 is 0 Å². The van der Waals surface area contributed by atoms with Crippen molar-refractivity contribution in [3.63, 3.8) is 0 Å². The summed E-state index contributed by atoms with van der Waals surface area (Å²) in [7, 11) is 0. The van der Waals surface area contributed by atoms with E-state index in [1.54, 1.807) is 12.7 Å². The Kier molecular flexibility index (Phi) is 12.7. The molecule has 0 atom stereocenters. The number of azo groups is 2. The molecule has 2 aromatic carbocycles. The SMILES string of the molecule is CCN(CCCCCN(CC)c1ccc(N=Nc2n(CC)nc[n+]2CC)cc1)c1ccc(N=Nc2n(CC)nc[n+]2CC)cc1. The molecule has 0 saturated heterocycles. The number of unbranched alkanes of at least 4 members (excludes halogenated alkanes) is 2. The Morgan fingerprint density at radius 1 is 0.556 bits per heavy atom. The molecule has 0 radical (unpaired) electrons. The molecule has 2 aromatic heterocycles. The second-order valence-electron chi connectivity index (χ2n) is 10.7. The first-order chi connectivity index (χ1) is 22.0. The molecule has 12 nitrogen and oxygen atoms in total. The molecule has 0 N–H and O–H groups in total. The van der Waals surface area contributed by atoms with Gasteiger partial charge in [-0.25, -0.2) is 9.13 Å². The maximum atomic E-state index is 4.48. The minimum Gasteiger partial charge on any atom is -0.372 e. The predicted molar refractivity (Wildman–Crippen MR) is 178 cm³/mol. The molecule has 4 rings (SSSR count). The first kappa shape index (κ1) is 33.4. The van der Waals surface area contributed by atoms with Crippen LogP contribution < -0.4 is 18.9 Å². The van der Waals surface area contributed by atoms with Gasteiger partial charge in [0.2, 0.25) is 12.7 Å². The van der Waals surface area contributed by atoms with E-state index in [2.05, 4.69) is 106 Å². The van der Waals surface area contributed by atoms with Crippen LogP contribution in [0.3, 0.4) is 0 Å². The topological polar surface area (TPSA) is 99.3 Å². The van der Waals surface area contributed by atoms with E-state index in [0.29, 0.717) is 0 Å². The highest BCUT2D eigenvalue weighted by Crippen LogP contribution is 2.24. The first-order valence-corrected chi connectivity index (χ1v) is 16.5. The first-order valence-electron chi connectivity index (χ1n) is 16.5. The average molecular weight is 615 g/mol. The summed E-state index contributed by atoms with van der Waals surface area (Å²) < 4.78 is 7.71. The predicted octanol–water partition coefficient (Wildman–Crippen LogP) is 7.09. The van der Waals surface area contributed by atoms with Gasteiger partial charge in [0.05, 0.1) is 37.6 Å². The van der Waals surface area contributed by atoms with Gasteiger partial charge in [0.25, 0.3) is 0 Å². The summed E-state index contributed by atoms with van der Waals surface area (Å²) in [5, 5.41) is 26.6. The third kappa shape index (κ3) is 8.80. The van der Waals surface area contributed by atoms with Gasteiger partial charge in [-0.05, 0) is 120 Å². The van der Waals surface area contributed by atoms with Gasteiger partial charge in [-0.1, -0.05) is 10.2 Å². The van der Waals surface area contributed by atoms with Crippen molar-refractivity contribution in [2.45, 2.75) is 87.0 Å². The fourth-order valence-electron chi connectivity index (χ4n) is 5.25. The summed E-state index contributed by atoms with van der Waals surface area (Å²) in [5.41, 5.74) is 4.11. The molecule has 0 bridgehead atoms. The van der Waals surface area contributed by atoms with Gasteiger partial charge < -0.3 is 9.80 Å². The van der Waals surface area contributed by atoms with E-state index in [9.17, 15) is 0 Å². The molecule has 45 heavy (non-hydrogen) atoms. The lowest BCUT2D eigenvalue weighted by molar-refractivity contribution is -0.681. The van der Waals surface area contributed by atoms with Crippen LogP contribution in [0.1, 0.15) is 60.8 Å². The number of hydrogen-bond acceptors (Lipinski definition) is 8. The Labute approximate surface area is 267 Å². The van der Waals surface area contributed by atoms with Crippen LogP contribution in [0.2, 0.25) is 0 Å². The number of rotatable bonds is 18. The third-order valence-corrected chi connectivity index (χ3v) is 7.98. The largest absolute Gasteiger partial charge is 0.403 e. The van der Waals surface area contributed by atoms with Crippen molar-refractivity contribution < 1.29 is 9.13 Å². The van der Waals surface area contributed by atoms with Gasteiger partial charge in [0.15, 0.2) is 0 Å². The Hall–Kier alpha value is -4.48. The molecule has 4 aromatic rings. The van der Waals surface area contributed by atoms with Crippen LogP contribution in [0.4, 0.5) is 34.6 Å². The fourth-order valence-corrected chi connectivity index (χ4v) is 5.25. The Morgan fingerprint density at radius 2 is 0.956 bits per heavy atom. The summed E-state index contributed by atoms with van der Waals surface area (Å²) in [6, 6.07) is 16.7. The van der Waals surface area contributed by atoms with Crippen molar-refractivity contribution in [3.8, 4) is 0 Å². The standard InChI is InChI=1S/C33H50N12/c1-7-40(30-20-16-28(17-21-30)36-38-32-42(9-3)26-34-44(32)11-5)24-14-13-15-25-41(8-2)31-22-18-29(19-23-31)37-39-33-43(10-4)27-35-45(33)12-6/h16-23,26-27H,7-15,24-25H2,1-6H3/q+2. The van der Waals surface area contributed by atoms with E-state index in [1.165, 1.54) is 17.8 Å². The molecule has 0 unspecified atom stereocenters. The summed E-state index contributed by atoms with van der Waals surface area (Å²) in [6.07, 6.45) is 7.08. The number of nitrogens with zero attached hydrogens (tertiary/aromatic N) is 12. The zero-order valence-electron chi connectivity index (χ0n) is 27.9. The molecule has 0 saturated carbocycles. The highest BCUT2D eigenvalue weighted by molar-refractivity contribution is 5.53. The summed E-state index contributed by atoms with van der Waals surface area (Å²) >= 11 is 0. The van der Waals surface area contributed by atoms with Crippen molar-refractivity contribution in [1.29, 1.82) is 0 Å². The molecule has 2 heterocycles. The average Bonchev–Trinajstić information content (AvgIpc) is 3.69. The van der Waals surface area contributed by atoms with Gasteiger partial charge in [0.1, 0.15) is 0 Å². The highest BCUT2D eigenvalue weighted by atomic mass is 15.4. The molecule has 0 aliphatic rings. The highest BCUT2D eigenvalue weighted by Gasteiger charge is 2.17. The third-order valence-electron chi connectivity index (χ3n) is 7.98. The molecule has 0 spiro atoms. The van der Waals surface area contributed by atoms with Crippen LogP contribution >= 0.6 is 0 Å². The Balaban J connectivity index is 1.24. The van der Waals surface area contributed by atoms with E-state index in [4.69, 9.17) is 0 Å². The maximum absolute atomic E-state index is 4.48. The minimum atomic E-state index is 0.760. The van der Waals surface area contributed by atoms with Crippen LogP contribution in [0.5, 0.6) is 0 Å². The summed E-state index contributed by atoms with van der Waals surface area (Å²) in [4.78, 5) is 4.86. The van der Waals surface area contributed by atoms with Gasteiger partial charge in [-0.3, -0.25) is 0 Å². The van der Waals surface area contributed by atoms with Crippen LogP contribution in [0.25, 0.3) is 0 Å². The van der Waals surface area contributed by atoms with Crippen LogP contribution in [0, 0.1) is 0 Å². The zero-order chi connectivity index (χ0) is 32.0. The second-order valence-corrected chi connectivity index (χ2v) is 10.7. The number of anilines is 2. The number of hydrogen-bond donors (Lipinski definition) is 0. The van der Waals surface area contributed by atoms with Gasteiger partial charge in [-0.15, -0.1) is 9.36 Å². The summed E-state index contributed by atoms with van der Waals surface area (Å²) in [5.74, 6) is 1.53. The zero-order valence-corrected chi connectivity index (χ0v) is 27.9. The molecule has 0 aliphatic carbocycles. The number of benzene rings is 2. The van der Waals surface area contributed by atoms with Crippen molar-refractivity contribution >= 4 is 34.6 Å². The molecule has 0 amide bonds. The lowest BCUT2D eigenvalue weighted by Gasteiger charge is -2.25. The van der Waals surface area contributed by atoms with E-state index in [-0.39, 0.29) is 0 Å². The smallest absolute Gasteiger partial charge is 0.372 e. The molecule has 240 valence electrons. The van der Waals surface area contributed by atoms with Gasteiger partial charge in [-0.2, -0.15) is 0 Å². The van der Waals surface area contributed by atoms with Crippen molar-refractivity contribution in [1.82, 2.24) is 19.6 Å². The van der Waals surface area contributed by atoms with Crippen molar-refractivity contribution in [3.05, 3.63) is 61.2 Å². The van der Waals surface area contributed by atoms with Crippen LogP contribution in [-0.2, 0) is 26.2 Å². The molecular weight excluding hydrogens is 564 g/mol. The molecular formula is C33H50N12+2. The lowest BCUT2D eigenvalue weighted by Crippen LogP contribution is -2.30. The Bertz CT molecular complexity index is 1340. The number of aryl methyl sites for hydroxylation is 4. The van der Waals surface area contributed by atoms with E-state index in [0.717, 1.165) is 88.5 Å². The van der Waals surface area contributed by atoms with Gasteiger partial charge >= 0.3 is 11.9 Å². The second kappa shape index (κ2) is 17.1. The fraction of sp³-hybridized carbons (Fsp3) is 0.515. The Morgan fingerprint density at radius 3 is 1.29 bits per heavy atom.